The smallest absolute Gasteiger partial charge is 0.275 e. The Morgan fingerprint density at radius 1 is 0.967 bits per heavy atom. The molecule has 0 aliphatic heterocycles. The summed E-state index contributed by atoms with van der Waals surface area (Å²) >= 11 is 6.17. The van der Waals surface area contributed by atoms with Crippen LogP contribution >= 0.6 is 11.6 Å². The molecule has 0 saturated heterocycles. The average molecular weight is 425 g/mol. The van der Waals surface area contributed by atoms with Gasteiger partial charge in [0.2, 0.25) is 0 Å². The monoisotopic (exact) mass is 424 g/mol. The van der Waals surface area contributed by atoms with Crippen LogP contribution in [0, 0.1) is 0 Å². The average Bonchev–Trinajstić information content (AvgIpc) is 2.78. The Bertz CT molecular complexity index is 1050. The molecule has 6 nitrogen and oxygen atoms in total. The highest BCUT2D eigenvalue weighted by Crippen LogP contribution is 2.29. The molecule has 0 bridgehead atoms. The summed E-state index contributed by atoms with van der Waals surface area (Å²) in [5.74, 6) is 1.14. The lowest BCUT2D eigenvalue weighted by Gasteiger charge is -2.11. The van der Waals surface area contributed by atoms with Crippen LogP contribution in [0.2, 0.25) is 5.02 Å². The number of nitrogens with zero attached hydrogens (tertiary/aromatic N) is 1. The number of hydrogen-bond acceptors (Lipinski definition) is 5. The quantitative estimate of drug-likeness (QED) is 0.420. The lowest BCUT2D eigenvalue weighted by molar-refractivity contribution is 0.0950. The number of ether oxygens (including phenoxy) is 3. The molecule has 1 N–H and O–H groups in total. The van der Waals surface area contributed by atoms with E-state index in [-0.39, 0.29) is 6.61 Å². The van der Waals surface area contributed by atoms with Gasteiger partial charge in [0.1, 0.15) is 12.4 Å². The molecule has 1 amide bonds. The molecule has 3 aromatic carbocycles. The summed E-state index contributed by atoms with van der Waals surface area (Å²) in [6, 6.07) is 19.7. The third kappa shape index (κ3) is 5.10. The van der Waals surface area contributed by atoms with Crippen LogP contribution < -0.4 is 19.6 Å². The summed E-state index contributed by atoms with van der Waals surface area (Å²) in [6.45, 7) is 0.244. The number of benzene rings is 3. The summed E-state index contributed by atoms with van der Waals surface area (Å²) in [5, 5.41) is 4.65. The van der Waals surface area contributed by atoms with Crippen molar-refractivity contribution in [3.05, 3.63) is 88.4 Å². The van der Waals surface area contributed by atoms with Crippen LogP contribution in [-0.4, -0.2) is 26.3 Å². The number of hydrazone groups is 1. The van der Waals surface area contributed by atoms with Gasteiger partial charge in [-0.3, -0.25) is 4.79 Å². The van der Waals surface area contributed by atoms with Crippen molar-refractivity contribution in [2.45, 2.75) is 6.61 Å². The van der Waals surface area contributed by atoms with Crippen LogP contribution in [0.25, 0.3) is 0 Å². The molecular weight excluding hydrogens is 404 g/mol. The summed E-state index contributed by atoms with van der Waals surface area (Å²) in [6.07, 6.45) is 1.49. The zero-order valence-corrected chi connectivity index (χ0v) is 17.3. The van der Waals surface area contributed by atoms with Gasteiger partial charge in [0.25, 0.3) is 5.91 Å². The molecule has 0 atom stereocenters. The van der Waals surface area contributed by atoms with Gasteiger partial charge in [0, 0.05) is 16.1 Å². The molecule has 0 fully saturated rings. The Morgan fingerprint density at radius 2 is 1.70 bits per heavy atom. The standard InChI is InChI=1S/C23H21ClN2O4/c1-28-21-13-7-9-16(22(21)29-2)14-25-26-23(27)18-10-4-6-12-20(18)30-15-17-8-3-5-11-19(17)24/h3-14H,15H2,1-2H3,(H,26,27)/b25-14-. The highest BCUT2D eigenvalue weighted by atomic mass is 35.5. The number of nitrogens with one attached hydrogen (secondary N) is 1. The van der Waals surface area contributed by atoms with Crippen molar-refractivity contribution in [2.24, 2.45) is 5.10 Å². The number of amides is 1. The molecular formula is C23H21ClN2O4. The van der Waals surface area contributed by atoms with Crippen molar-refractivity contribution in [2.75, 3.05) is 14.2 Å². The van der Waals surface area contributed by atoms with Crippen molar-refractivity contribution in [3.8, 4) is 17.2 Å². The lowest BCUT2D eigenvalue weighted by atomic mass is 10.2. The zero-order valence-electron chi connectivity index (χ0n) is 16.6. The largest absolute Gasteiger partial charge is 0.493 e. The summed E-state index contributed by atoms with van der Waals surface area (Å²) < 4.78 is 16.4. The molecule has 30 heavy (non-hydrogen) atoms. The Kier molecular flexibility index (Phi) is 7.29. The fourth-order valence-corrected chi connectivity index (χ4v) is 2.98. The Morgan fingerprint density at radius 3 is 2.47 bits per heavy atom. The Balaban J connectivity index is 1.71. The van der Waals surface area contributed by atoms with Crippen molar-refractivity contribution in [3.63, 3.8) is 0 Å². The summed E-state index contributed by atoms with van der Waals surface area (Å²) in [7, 11) is 3.10. The first-order valence-electron chi connectivity index (χ1n) is 9.13. The SMILES string of the molecule is COc1cccc(/C=N\NC(=O)c2ccccc2OCc2ccccc2Cl)c1OC. The van der Waals surface area contributed by atoms with Gasteiger partial charge >= 0.3 is 0 Å². The van der Waals surface area contributed by atoms with Crippen LogP contribution in [0.1, 0.15) is 21.5 Å². The maximum absolute atomic E-state index is 12.6. The van der Waals surface area contributed by atoms with E-state index in [0.29, 0.717) is 33.4 Å². The van der Waals surface area contributed by atoms with Crippen LogP contribution in [-0.2, 0) is 6.61 Å². The Labute approximate surface area is 180 Å². The second-order valence-corrected chi connectivity index (χ2v) is 6.57. The van der Waals surface area contributed by atoms with Crippen LogP contribution in [0.4, 0.5) is 0 Å². The molecule has 0 spiro atoms. The normalized spacial score (nSPS) is 10.6. The third-order valence-electron chi connectivity index (χ3n) is 4.28. The molecule has 3 aromatic rings. The second-order valence-electron chi connectivity index (χ2n) is 6.16. The predicted octanol–water partition coefficient (Wildman–Crippen LogP) is 4.70. The van der Waals surface area contributed by atoms with Crippen molar-refractivity contribution < 1.29 is 19.0 Å². The molecule has 0 unspecified atom stereocenters. The first kappa shape index (κ1) is 21.2. The van der Waals surface area contributed by atoms with Crippen molar-refractivity contribution >= 4 is 23.7 Å². The predicted molar refractivity (Wildman–Crippen MR) is 117 cm³/mol. The fraction of sp³-hybridized carbons (Fsp3) is 0.130. The van der Waals surface area contributed by atoms with Crippen LogP contribution in [0.3, 0.4) is 0 Å². The van der Waals surface area contributed by atoms with Gasteiger partial charge in [-0.15, -0.1) is 0 Å². The van der Waals surface area contributed by atoms with Crippen LogP contribution in [0.15, 0.2) is 71.8 Å². The molecule has 7 heteroatoms. The van der Waals surface area contributed by atoms with Gasteiger partial charge in [-0.25, -0.2) is 5.43 Å². The number of carbonyl (C=O) groups is 1. The molecule has 0 aliphatic carbocycles. The van der Waals surface area contributed by atoms with Gasteiger partial charge in [-0.2, -0.15) is 5.10 Å². The van der Waals surface area contributed by atoms with Gasteiger partial charge in [0.15, 0.2) is 11.5 Å². The van der Waals surface area contributed by atoms with E-state index < -0.39 is 5.91 Å². The van der Waals surface area contributed by atoms with Gasteiger partial charge in [-0.1, -0.05) is 48.0 Å². The third-order valence-corrected chi connectivity index (χ3v) is 4.64. The van der Waals surface area contributed by atoms with E-state index in [9.17, 15) is 4.79 Å². The first-order chi connectivity index (χ1) is 14.6. The number of methoxy groups -OCH3 is 2. The molecule has 0 aliphatic rings. The van der Waals surface area contributed by atoms with Crippen molar-refractivity contribution in [1.82, 2.24) is 5.43 Å². The highest BCUT2D eigenvalue weighted by Gasteiger charge is 2.13. The highest BCUT2D eigenvalue weighted by molar-refractivity contribution is 6.31. The van der Waals surface area contributed by atoms with E-state index in [0.717, 1.165) is 5.56 Å². The summed E-state index contributed by atoms with van der Waals surface area (Å²) in [4.78, 5) is 12.6. The van der Waals surface area contributed by atoms with E-state index in [2.05, 4.69) is 10.5 Å². The zero-order chi connectivity index (χ0) is 21.3. The van der Waals surface area contributed by atoms with Crippen molar-refractivity contribution in [1.29, 1.82) is 0 Å². The second kappa shape index (κ2) is 10.3. The number of rotatable bonds is 8. The number of carbonyl (C=O) groups excluding carboxylic acids is 1. The lowest BCUT2D eigenvalue weighted by Crippen LogP contribution is -2.18. The molecule has 0 radical (unpaired) electrons. The number of hydrogen-bond donors (Lipinski definition) is 1. The molecule has 0 aromatic heterocycles. The first-order valence-corrected chi connectivity index (χ1v) is 9.51. The summed E-state index contributed by atoms with van der Waals surface area (Å²) in [5.41, 5.74) is 4.37. The maximum atomic E-state index is 12.6. The Hall–Kier alpha value is -3.51. The van der Waals surface area contributed by atoms with E-state index in [1.54, 1.807) is 56.7 Å². The van der Waals surface area contributed by atoms with E-state index in [1.807, 2.05) is 24.3 Å². The van der Waals surface area contributed by atoms with E-state index in [4.69, 9.17) is 25.8 Å². The molecule has 3 rings (SSSR count). The fourth-order valence-electron chi connectivity index (χ4n) is 2.79. The molecule has 0 heterocycles. The van der Waals surface area contributed by atoms with Gasteiger partial charge in [-0.05, 0) is 30.3 Å². The van der Waals surface area contributed by atoms with Gasteiger partial charge in [0.05, 0.1) is 26.0 Å². The molecule has 154 valence electrons. The van der Waals surface area contributed by atoms with E-state index >= 15 is 0 Å². The topological polar surface area (TPSA) is 69.2 Å². The minimum Gasteiger partial charge on any atom is -0.493 e. The molecule has 0 saturated carbocycles. The van der Waals surface area contributed by atoms with Crippen LogP contribution in [0.5, 0.6) is 17.2 Å². The van der Waals surface area contributed by atoms with Gasteiger partial charge < -0.3 is 14.2 Å². The number of halogens is 1. The van der Waals surface area contributed by atoms with E-state index in [1.165, 1.54) is 6.21 Å². The minimum atomic E-state index is -0.400. The minimum absolute atomic E-state index is 0.244. The maximum Gasteiger partial charge on any atom is 0.275 e. The number of para-hydroxylation sites is 2.